The monoisotopic (exact) mass is 193 g/mol. The van der Waals surface area contributed by atoms with Gasteiger partial charge in [0, 0.05) is 6.42 Å². The van der Waals surface area contributed by atoms with Crippen LogP contribution in [0.25, 0.3) is 0 Å². The lowest BCUT2D eigenvalue weighted by atomic mass is 9.34. The van der Waals surface area contributed by atoms with Crippen molar-refractivity contribution in [1.29, 1.82) is 0 Å². The zero-order valence-corrected chi connectivity index (χ0v) is 7.45. The van der Waals surface area contributed by atoms with Crippen molar-refractivity contribution in [2.45, 2.75) is 38.3 Å². The first-order valence-corrected chi connectivity index (χ1v) is 4.66. The van der Waals surface area contributed by atoms with Gasteiger partial charge in [0.25, 0.3) is 0 Å². The molecule has 13 heavy (non-hydrogen) atoms. The van der Waals surface area contributed by atoms with Crippen molar-refractivity contribution in [3.05, 3.63) is 0 Å². The first-order chi connectivity index (χ1) is 5.89. The second-order valence-electron chi connectivity index (χ2n) is 4.85. The highest BCUT2D eigenvalue weighted by molar-refractivity contribution is 5.17. The average molecular weight is 193 g/mol. The van der Waals surface area contributed by atoms with E-state index in [1.165, 1.54) is 0 Å². The topological polar surface area (TPSA) is 26.0 Å². The molecule has 4 heteroatoms. The Morgan fingerprint density at radius 3 is 2.00 bits per heavy atom. The molecule has 0 amide bonds. The molecule has 0 spiro atoms. The second-order valence-corrected chi connectivity index (χ2v) is 4.85. The lowest BCUT2D eigenvalue weighted by Gasteiger charge is -2.71. The normalized spacial score (nSPS) is 42.5. The summed E-state index contributed by atoms with van der Waals surface area (Å²) in [5.74, 6) is 0. The SMILES string of the molecule is NCC12CC(CCC(F)(F)F)(C1)C2. The maximum absolute atomic E-state index is 11.9. The van der Waals surface area contributed by atoms with E-state index in [0.29, 0.717) is 13.0 Å². The summed E-state index contributed by atoms with van der Waals surface area (Å²) < 4.78 is 35.7. The lowest BCUT2D eigenvalue weighted by molar-refractivity contribution is -0.220. The Balaban J connectivity index is 1.76. The summed E-state index contributed by atoms with van der Waals surface area (Å²) in [6.45, 7) is 0.654. The highest BCUT2D eigenvalue weighted by Gasteiger charge is 2.66. The molecule has 0 aromatic rings. The van der Waals surface area contributed by atoms with Crippen molar-refractivity contribution in [2.24, 2.45) is 16.6 Å². The average Bonchev–Trinajstić information content (AvgIpc) is 1.79. The molecule has 0 aromatic heterocycles. The minimum absolute atomic E-state index is 0.0366. The molecule has 0 saturated heterocycles. The van der Waals surface area contributed by atoms with Gasteiger partial charge in [-0.15, -0.1) is 0 Å². The van der Waals surface area contributed by atoms with E-state index in [0.717, 1.165) is 19.3 Å². The minimum Gasteiger partial charge on any atom is -0.330 e. The summed E-state index contributed by atoms with van der Waals surface area (Å²) in [5, 5.41) is 0. The van der Waals surface area contributed by atoms with Crippen molar-refractivity contribution in [3.63, 3.8) is 0 Å². The van der Waals surface area contributed by atoms with E-state index in [9.17, 15) is 13.2 Å². The van der Waals surface area contributed by atoms with E-state index in [-0.39, 0.29) is 10.8 Å². The quantitative estimate of drug-likeness (QED) is 0.732. The molecule has 3 rings (SSSR count). The van der Waals surface area contributed by atoms with Crippen LogP contribution in [0, 0.1) is 10.8 Å². The van der Waals surface area contributed by atoms with Gasteiger partial charge in [-0.3, -0.25) is 0 Å². The van der Waals surface area contributed by atoms with Gasteiger partial charge >= 0.3 is 6.18 Å². The summed E-state index contributed by atoms with van der Waals surface area (Å²) in [4.78, 5) is 0. The van der Waals surface area contributed by atoms with Gasteiger partial charge in [0.2, 0.25) is 0 Å². The standard InChI is InChI=1S/C9H14F3N/c10-9(11,12)2-1-7-3-8(4-7,5-7)6-13/h1-6,13H2. The van der Waals surface area contributed by atoms with Crippen LogP contribution in [0.5, 0.6) is 0 Å². The van der Waals surface area contributed by atoms with Gasteiger partial charge in [-0.05, 0) is 43.1 Å². The molecule has 2 N–H and O–H groups in total. The molecular formula is C9H14F3N. The summed E-state index contributed by atoms with van der Waals surface area (Å²) in [7, 11) is 0. The van der Waals surface area contributed by atoms with Crippen molar-refractivity contribution in [1.82, 2.24) is 0 Å². The van der Waals surface area contributed by atoms with Gasteiger partial charge in [0.05, 0.1) is 0 Å². The maximum atomic E-state index is 11.9. The van der Waals surface area contributed by atoms with Gasteiger partial charge < -0.3 is 5.73 Å². The van der Waals surface area contributed by atoms with Crippen molar-refractivity contribution >= 4 is 0 Å². The van der Waals surface area contributed by atoms with Gasteiger partial charge in [-0.2, -0.15) is 13.2 Å². The molecule has 76 valence electrons. The highest BCUT2D eigenvalue weighted by atomic mass is 19.4. The van der Waals surface area contributed by atoms with Gasteiger partial charge in [0.1, 0.15) is 0 Å². The fraction of sp³-hybridized carbons (Fsp3) is 1.00. The van der Waals surface area contributed by atoms with E-state index in [1.54, 1.807) is 0 Å². The summed E-state index contributed by atoms with van der Waals surface area (Å²) in [6, 6.07) is 0. The minimum atomic E-state index is -3.98. The zero-order valence-electron chi connectivity index (χ0n) is 7.45. The first-order valence-electron chi connectivity index (χ1n) is 4.66. The van der Waals surface area contributed by atoms with Crippen LogP contribution < -0.4 is 5.73 Å². The maximum Gasteiger partial charge on any atom is 0.389 e. The van der Waals surface area contributed by atoms with Crippen LogP contribution in [0.15, 0.2) is 0 Å². The van der Waals surface area contributed by atoms with Gasteiger partial charge in [-0.25, -0.2) is 0 Å². The number of alkyl halides is 3. The number of nitrogens with two attached hydrogens (primary N) is 1. The Hall–Kier alpha value is -0.250. The fourth-order valence-electron chi connectivity index (χ4n) is 3.12. The van der Waals surface area contributed by atoms with Crippen LogP contribution in [0.1, 0.15) is 32.1 Å². The van der Waals surface area contributed by atoms with Crippen molar-refractivity contribution < 1.29 is 13.2 Å². The Morgan fingerprint density at radius 1 is 1.08 bits per heavy atom. The largest absolute Gasteiger partial charge is 0.389 e. The van der Waals surface area contributed by atoms with Crippen LogP contribution in [0.3, 0.4) is 0 Å². The zero-order chi connectivity index (χ0) is 9.74. The predicted octanol–water partition coefficient (Wildman–Crippen LogP) is 2.46. The molecule has 0 aromatic carbocycles. The van der Waals surface area contributed by atoms with E-state index in [1.807, 2.05) is 0 Å². The molecule has 0 aliphatic heterocycles. The van der Waals surface area contributed by atoms with Crippen molar-refractivity contribution in [2.75, 3.05) is 6.54 Å². The fourth-order valence-corrected chi connectivity index (χ4v) is 3.12. The summed E-state index contributed by atoms with van der Waals surface area (Å²) in [5.41, 5.74) is 5.82. The molecule has 3 aliphatic rings. The first kappa shape index (κ1) is 9.31. The van der Waals surface area contributed by atoms with E-state index in [2.05, 4.69) is 0 Å². The number of hydrogen-bond donors (Lipinski definition) is 1. The van der Waals surface area contributed by atoms with Crippen LogP contribution in [0.4, 0.5) is 13.2 Å². The highest BCUT2D eigenvalue weighted by Crippen LogP contribution is 2.74. The molecule has 0 atom stereocenters. The Labute approximate surface area is 75.5 Å². The Kier molecular flexibility index (Phi) is 1.72. The van der Waals surface area contributed by atoms with E-state index in [4.69, 9.17) is 5.73 Å². The molecule has 1 nitrogen and oxygen atoms in total. The number of hydrogen-bond acceptors (Lipinski definition) is 1. The van der Waals surface area contributed by atoms with E-state index < -0.39 is 12.6 Å². The smallest absolute Gasteiger partial charge is 0.330 e. The molecule has 0 radical (unpaired) electrons. The molecular weight excluding hydrogens is 179 g/mol. The summed E-state index contributed by atoms with van der Waals surface area (Å²) >= 11 is 0. The number of rotatable bonds is 3. The van der Waals surface area contributed by atoms with Gasteiger partial charge in [-0.1, -0.05) is 0 Å². The van der Waals surface area contributed by atoms with Crippen LogP contribution in [-0.4, -0.2) is 12.7 Å². The number of halogens is 3. The van der Waals surface area contributed by atoms with E-state index >= 15 is 0 Å². The Bertz CT molecular complexity index is 202. The van der Waals surface area contributed by atoms with Gasteiger partial charge in [0.15, 0.2) is 0 Å². The molecule has 3 fully saturated rings. The third kappa shape index (κ3) is 1.45. The Morgan fingerprint density at radius 2 is 1.62 bits per heavy atom. The molecule has 3 aliphatic carbocycles. The molecule has 0 unspecified atom stereocenters. The molecule has 2 bridgehead atoms. The molecule has 0 heterocycles. The lowest BCUT2D eigenvalue weighted by Crippen LogP contribution is -2.64. The molecule has 3 saturated carbocycles. The second kappa shape index (κ2) is 2.41. The van der Waals surface area contributed by atoms with Crippen LogP contribution >= 0.6 is 0 Å². The van der Waals surface area contributed by atoms with Crippen LogP contribution in [0.2, 0.25) is 0 Å². The predicted molar refractivity (Wildman–Crippen MR) is 43.1 cm³/mol. The third-order valence-corrected chi connectivity index (χ3v) is 3.62. The van der Waals surface area contributed by atoms with Crippen LogP contribution in [-0.2, 0) is 0 Å². The third-order valence-electron chi connectivity index (χ3n) is 3.62. The van der Waals surface area contributed by atoms with Crippen molar-refractivity contribution in [3.8, 4) is 0 Å². The summed E-state index contributed by atoms with van der Waals surface area (Å²) in [6.07, 6.45) is -1.47.